The summed E-state index contributed by atoms with van der Waals surface area (Å²) in [6.07, 6.45) is 5.22. The van der Waals surface area contributed by atoms with Crippen LogP contribution < -0.4 is 9.64 Å². The van der Waals surface area contributed by atoms with Crippen molar-refractivity contribution in [1.82, 2.24) is 14.5 Å². The molecule has 31 heavy (non-hydrogen) atoms. The van der Waals surface area contributed by atoms with E-state index in [1.165, 1.54) is 6.21 Å². The molecular weight excluding hydrogens is 437 g/mol. The highest BCUT2D eigenvalue weighted by Gasteiger charge is 2.19. The summed E-state index contributed by atoms with van der Waals surface area (Å²) in [5, 5.41) is 17.1. The van der Waals surface area contributed by atoms with Gasteiger partial charge >= 0.3 is 0 Å². The van der Waals surface area contributed by atoms with Crippen molar-refractivity contribution in [3.63, 3.8) is 0 Å². The van der Waals surface area contributed by atoms with E-state index in [-0.39, 0.29) is 0 Å². The van der Waals surface area contributed by atoms with E-state index in [1.807, 2.05) is 42.6 Å². The summed E-state index contributed by atoms with van der Waals surface area (Å²) in [5.41, 5.74) is 2.51. The fourth-order valence-corrected chi connectivity index (χ4v) is 4.20. The average Bonchev–Trinajstić information content (AvgIpc) is 3.18. The summed E-state index contributed by atoms with van der Waals surface area (Å²) >= 11 is 12.5. The number of pyridine rings is 1. The molecule has 0 radical (unpaired) electrons. The van der Waals surface area contributed by atoms with Crippen molar-refractivity contribution in [3.8, 4) is 5.75 Å². The zero-order chi connectivity index (χ0) is 21.6. The number of oxime groups is 1. The van der Waals surface area contributed by atoms with Crippen molar-refractivity contribution in [2.45, 2.75) is 12.8 Å². The molecule has 1 saturated heterocycles. The summed E-state index contributed by atoms with van der Waals surface area (Å²) in [6.45, 7) is 5.66. The lowest BCUT2D eigenvalue weighted by molar-refractivity contribution is 0.238. The molecule has 9 heteroatoms. The zero-order valence-electron chi connectivity index (χ0n) is 17.1. The first kappa shape index (κ1) is 21.7. The number of fused-ring (bicyclic) bond motifs is 1. The second-order valence-electron chi connectivity index (χ2n) is 7.50. The molecule has 2 aromatic heterocycles. The molecule has 0 bridgehead atoms. The Morgan fingerprint density at radius 1 is 1.10 bits per heavy atom. The van der Waals surface area contributed by atoms with Crippen molar-refractivity contribution in [1.29, 1.82) is 0 Å². The fraction of sp³-hybridized carbons (Fsp3) is 0.364. The lowest BCUT2D eigenvalue weighted by atomic mass is 10.2. The highest BCUT2D eigenvalue weighted by atomic mass is 35.5. The number of ether oxygens (including phenoxy) is 1. The van der Waals surface area contributed by atoms with Crippen LogP contribution in [0.15, 0.2) is 47.8 Å². The summed E-state index contributed by atoms with van der Waals surface area (Å²) in [5.74, 6) is 0.812. The van der Waals surface area contributed by atoms with Gasteiger partial charge in [0.25, 0.3) is 0 Å². The van der Waals surface area contributed by atoms with Crippen LogP contribution in [0.3, 0.4) is 0 Å². The molecule has 1 aromatic carbocycles. The third kappa shape index (κ3) is 5.42. The first-order valence-electron chi connectivity index (χ1n) is 10.3. The standard InChI is InChI=1S/C22H25Cl2N5O2/c23-20-4-3-5-21(22(20)24)28-11-9-27(10-12-28)7-1-2-13-31-19-6-8-29-18(15-19)14-17(26-29)16-25-30/h3-6,8,14-16,30H,1-2,7,9-13H2. The van der Waals surface area contributed by atoms with E-state index in [9.17, 15) is 0 Å². The summed E-state index contributed by atoms with van der Waals surface area (Å²) in [7, 11) is 0. The minimum atomic E-state index is 0.595. The van der Waals surface area contributed by atoms with Crippen LogP contribution in [-0.4, -0.2) is 65.3 Å². The zero-order valence-corrected chi connectivity index (χ0v) is 18.6. The molecule has 0 unspecified atom stereocenters. The molecular formula is C22H25Cl2N5O2. The largest absolute Gasteiger partial charge is 0.493 e. The Morgan fingerprint density at radius 3 is 2.74 bits per heavy atom. The second-order valence-corrected chi connectivity index (χ2v) is 8.29. The predicted molar refractivity (Wildman–Crippen MR) is 124 cm³/mol. The van der Waals surface area contributed by atoms with Crippen LogP contribution in [0, 0.1) is 0 Å². The van der Waals surface area contributed by atoms with Gasteiger partial charge in [-0.1, -0.05) is 34.4 Å². The maximum absolute atomic E-state index is 8.63. The molecule has 7 nitrogen and oxygen atoms in total. The number of nitrogens with zero attached hydrogens (tertiary/aromatic N) is 5. The van der Waals surface area contributed by atoms with Crippen molar-refractivity contribution in [2.75, 3.05) is 44.2 Å². The molecule has 0 amide bonds. The Morgan fingerprint density at radius 2 is 1.94 bits per heavy atom. The van der Waals surface area contributed by atoms with Gasteiger partial charge in [0.15, 0.2) is 0 Å². The molecule has 1 fully saturated rings. The molecule has 0 aliphatic carbocycles. The van der Waals surface area contributed by atoms with Gasteiger partial charge in [0.1, 0.15) is 11.4 Å². The number of aromatic nitrogens is 2. The fourth-order valence-electron chi connectivity index (χ4n) is 3.78. The number of benzene rings is 1. The van der Waals surface area contributed by atoms with Crippen LogP contribution in [0.1, 0.15) is 18.5 Å². The third-order valence-electron chi connectivity index (χ3n) is 5.43. The Kier molecular flexibility index (Phi) is 7.17. The molecule has 3 aromatic rings. The monoisotopic (exact) mass is 461 g/mol. The topological polar surface area (TPSA) is 65.6 Å². The van der Waals surface area contributed by atoms with E-state index in [4.69, 9.17) is 33.1 Å². The summed E-state index contributed by atoms with van der Waals surface area (Å²) in [4.78, 5) is 4.79. The normalized spacial score (nSPS) is 15.2. The Balaban J connectivity index is 1.17. The minimum absolute atomic E-state index is 0.595. The van der Waals surface area contributed by atoms with Crippen LogP contribution in [-0.2, 0) is 0 Å². The van der Waals surface area contributed by atoms with Crippen LogP contribution in [0.25, 0.3) is 5.52 Å². The molecule has 3 heterocycles. The smallest absolute Gasteiger partial charge is 0.122 e. The lowest BCUT2D eigenvalue weighted by Crippen LogP contribution is -2.46. The molecule has 4 rings (SSSR count). The van der Waals surface area contributed by atoms with E-state index in [0.717, 1.165) is 62.5 Å². The molecule has 0 saturated carbocycles. The van der Waals surface area contributed by atoms with Gasteiger partial charge in [-0.05, 0) is 43.7 Å². The Hall–Kier alpha value is -2.48. The number of halogens is 2. The van der Waals surface area contributed by atoms with Gasteiger partial charge in [0.05, 0.1) is 34.1 Å². The first-order chi connectivity index (χ1) is 15.1. The van der Waals surface area contributed by atoms with Crippen molar-refractivity contribution < 1.29 is 9.94 Å². The second kappa shape index (κ2) is 10.2. The molecule has 1 aliphatic rings. The number of piperazine rings is 1. The highest BCUT2D eigenvalue weighted by molar-refractivity contribution is 6.43. The molecule has 1 aliphatic heterocycles. The van der Waals surface area contributed by atoms with Crippen LogP contribution in [0.2, 0.25) is 10.0 Å². The van der Waals surface area contributed by atoms with E-state index in [0.29, 0.717) is 22.3 Å². The van der Waals surface area contributed by atoms with Gasteiger partial charge < -0.3 is 14.8 Å². The maximum atomic E-state index is 8.63. The van der Waals surface area contributed by atoms with Gasteiger partial charge in [-0.2, -0.15) is 5.10 Å². The number of hydrogen-bond acceptors (Lipinski definition) is 6. The number of unbranched alkanes of at least 4 members (excludes halogenated alkanes) is 1. The van der Waals surface area contributed by atoms with Gasteiger partial charge in [-0.3, -0.25) is 4.90 Å². The molecule has 0 atom stereocenters. The van der Waals surface area contributed by atoms with Gasteiger partial charge in [-0.15, -0.1) is 0 Å². The van der Waals surface area contributed by atoms with E-state index in [1.54, 1.807) is 4.52 Å². The number of anilines is 1. The van der Waals surface area contributed by atoms with Crippen LogP contribution >= 0.6 is 23.2 Å². The van der Waals surface area contributed by atoms with Gasteiger partial charge in [0, 0.05) is 38.4 Å². The SMILES string of the molecule is ON=Cc1cc2cc(OCCCCN3CCN(c4cccc(Cl)c4Cl)CC3)ccn2n1. The van der Waals surface area contributed by atoms with Crippen LogP contribution in [0.5, 0.6) is 5.75 Å². The maximum Gasteiger partial charge on any atom is 0.122 e. The number of rotatable bonds is 8. The molecule has 1 N–H and O–H groups in total. The van der Waals surface area contributed by atoms with Gasteiger partial charge in [0.2, 0.25) is 0 Å². The van der Waals surface area contributed by atoms with E-state index < -0.39 is 0 Å². The van der Waals surface area contributed by atoms with Crippen molar-refractivity contribution in [3.05, 3.63) is 58.3 Å². The quantitative estimate of drug-likeness (QED) is 0.232. The third-order valence-corrected chi connectivity index (χ3v) is 6.23. The Labute approximate surface area is 191 Å². The van der Waals surface area contributed by atoms with E-state index >= 15 is 0 Å². The van der Waals surface area contributed by atoms with E-state index in [2.05, 4.69) is 20.1 Å². The number of hydrogen-bond donors (Lipinski definition) is 1. The minimum Gasteiger partial charge on any atom is -0.493 e. The predicted octanol–water partition coefficient (Wildman–Crippen LogP) is 4.43. The Bertz CT molecular complexity index is 1050. The first-order valence-corrected chi connectivity index (χ1v) is 11.1. The van der Waals surface area contributed by atoms with Crippen molar-refractivity contribution in [2.24, 2.45) is 5.16 Å². The lowest BCUT2D eigenvalue weighted by Gasteiger charge is -2.36. The van der Waals surface area contributed by atoms with Crippen molar-refractivity contribution >= 4 is 40.6 Å². The molecule has 164 valence electrons. The average molecular weight is 462 g/mol. The van der Waals surface area contributed by atoms with Crippen LogP contribution in [0.4, 0.5) is 5.69 Å². The molecule has 0 spiro atoms. The van der Waals surface area contributed by atoms with Gasteiger partial charge in [-0.25, -0.2) is 4.52 Å². The highest BCUT2D eigenvalue weighted by Crippen LogP contribution is 2.32. The summed E-state index contributed by atoms with van der Waals surface area (Å²) < 4.78 is 7.62. The summed E-state index contributed by atoms with van der Waals surface area (Å²) in [6, 6.07) is 11.5.